The number of aromatic nitrogens is 1. The highest BCUT2D eigenvalue weighted by molar-refractivity contribution is 5.93. The molecule has 21 heavy (non-hydrogen) atoms. The molecule has 5 nitrogen and oxygen atoms in total. The molecule has 2 amide bonds. The number of carbonyl (C=O) groups is 1. The van der Waals surface area contributed by atoms with E-state index in [4.69, 9.17) is 5.26 Å². The zero-order chi connectivity index (χ0) is 15.1. The smallest absolute Gasteiger partial charge is 0.321 e. The first kappa shape index (κ1) is 14.5. The maximum atomic E-state index is 12.1. The van der Waals surface area contributed by atoms with Gasteiger partial charge in [0.15, 0.2) is 0 Å². The maximum absolute atomic E-state index is 12.1. The van der Waals surface area contributed by atoms with Crippen LogP contribution in [0.4, 0.5) is 10.5 Å². The summed E-state index contributed by atoms with van der Waals surface area (Å²) in [6.07, 6.45) is 2.00. The van der Waals surface area contributed by atoms with Crippen LogP contribution in [0.25, 0.3) is 11.3 Å². The number of nitrogens with zero attached hydrogens (tertiary/aromatic N) is 3. The molecule has 0 atom stereocenters. The third kappa shape index (κ3) is 3.80. The average molecular weight is 280 g/mol. The zero-order valence-corrected chi connectivity index (χ0v) is 11.8. The van der Waals surface area contributed by atoms with Gasteiger partial charge in [-0.25, -0.2) is 4.79 Å². The van der Waals surface area contributed by atoms with Crippen LogP contribution in [-0.4, -0.2) is 29.5 Å². The number of amides is 2. The van der Waals surface area contributed by atoms with Crippen molar-refractivity contribution in [2.75, 3.05) is 18.9 Å². The van der Waals surface area contributed by atoms with E-state index in [0.717, 1.165) is 11.3 Å². The van der Waals surface area contributed by atoms with Gasteiger partial charge in [-0.2, -0.15) is 5.26 Å². The van der Waals surface area contributed by atoms with Gasteiger partial charge in [0.1, 0.15) is 0 Å². The summed E-state index contributed by atoms with van der Waals surface area (Å²) >= 11 is 0. The second kappa shape index (κ2) is 7.06. The minimum absolute atomic E-state index is 0.254. The van der Waals surface area contributed by atoms with E-state index >= 15 is 0 Å². The Hall–Kier alpha value is -2.87. The monoisotopic (exact) mass is 280 g/mol. The third-order valence-corrected chi connectivity index (χ3v) is 3.00. The molecule has 1 heterocycles. The topological polar surface area (TPSA) is 69.0 Å². The number of rotatable bonds is 4. The number of hydrogen-bond acceptors (Lipinski definition) is 3. The Morgan fingerprint density at radius 1 is 1.29 bits per heavy atom. The highest BCUT2D eigenvalue weighted by Crippen LogP contribution is 2.25. The van der Waals surface area contributed by atoms with Gasteiger partial charge in [0.2, 0.25) is 0 Å². The molecule has 1 aromatic carbocycles. The van der Waals surface area contributed by atoms with Crippen LogP contribution in [0.5, 0.6) is 0 Å². The molecule has 0 saturated heterocycles. The predicted molar refractivity (Wildman–Crippen MR) is 81.6 cm³/mol. The molecule has 2 rings (SSSR count). The van der Waals surface area contributed by atoms with Crippen LogP contribution < -0.4 is 5.32 Å². The van der Waals surface area contributed by atoms with Crippen LogP contribution in [0.1, 0.15) is 6.42 Å². The number of nitrogens with one attached hydrogen (secondary N) is 1. The Morgan fingerprint density at radius 2 is 2.05 bits per heavy atom. The van der Waals surface area contributed by atoms with Crippen molar-refractivity contribution in [3.8, 4) is 17.3 Å². The summed E-state index contributed by atoms with van der Waals surface area (Å²) in [5.41, 5.74) is 2.31. The summed E-state index contributed by atoms with van der Waals surface area (Å²) < 4.78 is 0. The van der Waals surface area contributed by atoms with Crippen molar-refractivity contribution in [3.05, 3.63) is 48.7 Å². The summed E-state index contributed by atoms with van der Waals surface area (Å²) in [5, 5.41) is 11.4. The number of anilines is 1. The normalized spacial score (nSPS) is 9.71. The van der Waals surface area contributed by atoms with E-state index < -0.39 is 0 Å². The van der Waals surface area contributed by atoms with Crippen molar-refractivity contribution in [3.63, 3.8) is 0 Å². The second-order valence-corrected chi connectivity index (χ2v) is 4.53. The van der Waals surface area contributed by atoms with Crippen LogP contribution in [0.3, 0.4) is 0 Å². The van der Waals surface area contributed by atoms with Gasteiger partial charge in [-0.1, -0.05) is 30.3 Å². The fourth-order valence-corrected chi connectivity index (χ4v) is 1.86. The summed E-state index contributed by atoms with van der Waals surface area (Å²) in [6, 6.07) is 15.0. The standard InChI is InChI=1S/C16H16N4O/c1-20(12-6-10-17)16(21)19-14-9-5-11-18-15(14)13-7-3-2-4-8-13/h2-5,7-9,11H,6,12H2,1H3,(H,19,21). The van der Waals surface area contributed by atoms with E-state index in [1.165, 1.54) is 4.90 Å². The maximum Gasteiger partial charge on any atom is 0.321 e. The molecule has 0 bridgehead atoms. The highest BCUT2D eigenvalue weighted by Gasteiger charge is 2.12. The molecule has 0 aliphatic rings. The number of urea groups is 1. The first-order chi connectivity index (χ1) is 10.2. The fraction of sp³-hybridized carbons (Fsp3) is 0.188. The molecule has 106 valence electrons. The van der Waals surface area contributed by atoms with Crippen LogP contribution in [0, 0.1) is 11.3 Å². The molecule has 5 heteroatoms. The van der Waals surface area contributed by atoms with Gasteiger partial charge in [0, 0.05) is 25.4 Å². The van der Waals surface area contributed by atoms with Crippen LogP contribution in [0.15, 0.2) is 48.7 Å². The van der Waals surface area contributed by atoms with Gasteiger partial charge < -0.3 is 10.2 Å². The molecule has 0 unspecified atom stereocenters. The van der Waals surface area contributed by atoms with Gasteiger partial charge in [-0.15, -0.1) is 0 Å². The molecular formula is C16H16N4O. The molecule has 1 N–H and O–H groups in total. The number of pyridine rings is 1. The summed E-state index contributed by atoms with van der Waals surface area (Å²) in [7, 11) is 1.66. The first-order valence-electron chi connectivity index (χ1n) is 6.62. The molecule has 2 aromatic rings. The quantitative estimate of drug-likeness (QED) is 0.935. The Kier molecular flexibility index (Phi) is 4.89. The molecule has 0 spiro atoms. The van der Waals surface area contributed by atoms with E-state index in [-0.39, 0.29) is 6.03 Å². The zero-order valence-electron chi connectivity index (χ0n) is 11.8. The van der Waals surface area contributed by atoms with Crippen molar-refractivity contribution in [2.45, 2.75) is 6.42 Å². The van der Waals surface area contributed by atoms with Crippen molar-refractivity contribution in [1.29, 1.82) is 5.26 Å². The Labute approximate surface area is 123 Å². The van der Waals surface area contributed by atoms with E-state index in [2.05, 4.69) is 10.3 Å². The van der Waals surface area contributed by atoms with Crippen molar-refractivity contribution < 1.29 is 4.79 Å². The van der Waals surface area contributed by atoms with Gasteiger partial charge in [0.05, 0.1) is 23.9 Å². The van der Waals surface area contributed by atoms with Crippen LogP contribution in [0.2, 0.25) is 0 Å². The molecule has 0 saturated carbocycles. The largest absolute Gasteiger partial charge is 0.327 e. The number of carbonyl (C=O) groups excluding carboxylic acids is 1. The molecule has 0 aliphatic heterocycles. The Bertz CT molecular complexity index is 649. The minimum atomic E-state index is -0.254. The van der Waals surface area contributed by atoms with E-state index in [0.29, 0.717) is 18.7 Å². The first-order valence-corrected chi connectivity index (χ1v) is 6.62. The van der Waals surface area contributed by atoms with E-state index in [1.807, 2.05) is 42.5 Å². The summed E-state index contributed by atoms with van der Waals surface area (Å²) in [5.74, 6) is 0. The van der Waals surface area contributed by atoms with Crippen LogP contribution >= 0.6 is 0 Å². The van der Waals surface area contributed by atoms with Gasteiger partial charge >= 0.3 is 6.03 Å². The van der Waals surface area contributed by atoms with Crippen LogP contribution in [-0.2, 0) is 0 Å². The van der Waals surface area contributed by atoms with E-state index in [1.54, 1.807) is 19.3 Å². The highest BCUT2D eigenvalue weighted by atomic mass is 16.2. The Morgan fingerprint density at radius 3 is 2.76 bits per heavy atom. The molecule has 0 radical (unpaired) electrons. The lowest BCUT2D eigenvalue weighted by molar-refractivity contribution is 0.223. The molecule has 0 aliphatic carbocycles. The summed E-state index contributed by atoms with van der Waals surface area (Å²) in [4.78, 5) is 17.9. The number of nitriles is 1. The van der Waals surface area contributed by atoms with Gasteiger partial charge in [0.25, 0.3) is 0 Å². The lowest BCUT2D eigenvalue weighted by Gasteiger charge is -2.17. The number of benzene rings is 1. The number of hydrogen-bond donors (Lipinski definition) is 1. The lowest BCUT2D eigenvalue weighted by atomic mass is 10.1. The second-order valence-electron chi connectivity index (χ2n) is 4.53. The van der Waals surface area contributed by atoms with Gasteiger partial charge in [-0.3, -0.25) is 4.98 Å². The molecular weight excluding hydrogens is 264 g/mol. The molecule has 0 fully saturated rings. The molecule has 1 aromatic heterocycles. The summed E-state index contributed by atoms with van der Waals surface area (Å²) in [6.45, 7) is 0.392. The van der Waals surface area contributed by atoms with Gasteiger partial charge in [-0.05, 0) is 12.1 Å². The Balaban J connectivity index is 2.18. The van der Waals surface area contributed by atoms with Crippen molar-refractivity contribution >= 4 is 11.7 Å². The van der Waals surface area contributed by atoms with Crippen molar-refractivity contribution in [2.24, 2.45) is 0 Å². The SMILES string of the molecule is CN(CCC#N)C(=O)Nc1cccnc1-c1ccccc1. The fourth-order valence-electron chi connectivity index (χ4n) is 1.86. The minimum Gasteiger partial charge on any atom is -0.327 e. The average Bonchev–Trinajstić information content (AvgIpc) is 2.54. The van der Waals surface area contributed by atoms with Crippen molar-refractivity contribution in [1.82, 2.24) is 9.88 Å². The third-order valence-electron chi connectivity index (χ3n) is 3.00. The predicted octanol–water partition coefficient (Wildman–Crippen LogP) is 3.13. The lowest BCUT2D eigenvalue weighted by Crippen LogP contribution is -2.32. The van der Waals surface area contributed by atoms with E-state index in [9.17, 15) is 4.79 Å².